The van der Waals surface area contributed by atoms with Crippen LogP contribution in [0.25, 0.3) is 0 Å². The third-order valence-corrected chi connectivity index (χ3v) is 4.51. The smallest absolute Gasteiger partial charge is 0.263 e. The van der Waals surface area contributed by atoms with Crippen molar-refractivity contribution in [3.8, 4) is 6.07 Å². The zero-order valence-electron chi connectivity index (χ0n) is 15.9. The molecule has 0 radical (unpaired) electrons. The van der Waals surface area contributed by atoms with E-state index in [-0.39, 0.29) is 17.0 Å². The number of carbonyl (C=O) groups excluding carboxylic acids is 1. The van der Waals surface area contributed by atoms with Crippen molar-refractivity contribution in [2.45, 2.75) is 20.0 Å². The molecule has 140 valence electrons. The lowest BCUT2D eigenvalue weighted by atomic mass is 10.1. The summed E-state index contributed by atoms with van der Waals surface area (Å²) in [7, 11) is 1.65. The van der Waals surface area contributed by atoms with Gasteiger partial charge in [0.05, 0.1) is 18.2 Å². The highest BCUT2D eigenvalue weighted by Crippen LogP contribution is 2.10. The van der Waals surface area contributed by atoms with Gasteiger partial charge in [0, 0.05) is 19.8 Å². The number of nitrogens with zero attached hydrogens (tertiary/aromatic N) is 3. The van der Waals surface area contributed by atoms with Gasteiger partial charge >= 0.3 is 0 Å². The molecule has 0 saturated heterocycles. The number of amides is 1. The van der Waals surface area contributed by atoms with Crippen molar-refractivity contribution in [1.29, 1.82) is 5.26 Å². The number of pyridine rings is 1. The van der Waals surface area contributed by atoms with Crippen LogP contribution >= 0.6 is 0 Å². The van der Waals surface area contributed by atoms with Crippen LogP contribution in [0.15, 0.2) is 71.7 Å². The summed E-state index contributed by atoms with van der Waals surface area (Å²) >= 11 is 0. The van der Waals surface area contributed by atoms with Crippen molar-refractivity contribution in [3.05, 3.63) is 105 Å². The fourth-order valence-electron chi connectivity index (χ4n) is 3.12. The first-order valence-corrected chi connectivity index (χ1v) is 8.97. The Morgan fingerprint density at radius 1 is 1.07 bits per heavy atom. The molecule has 0 spiro atoms. The van der Waals surface area contributed by atoms with Gasteiger partial charge in [-0.1, -0.05) is 42.0 Å². The van der Waals surface area contributed by atoms with Crippen LogP contribution in [-0.4, -0.2) is 22.4 Å². The summed E-state index contributed by atoms with van der Waals surface area (Å²) in [6, 6.07) is 20.4. The molecule has 2 aromatic carbocycles. The van der Waals surface area contributed by atoms with E-state index in [0.717, 1.165) is 16.7 Å². The summed E-state index contributed by atoms with van der Waals surface area (Å²) in [5.41, 5.74) is 3.33. The minimum Gasteiger partial charge on any atom is -0.337 e. The molecule has 0 aliphatic heterocycles. The Hall–Kier alpha value is -3.65. The molecule has 1 amide bonds. The Kier molecular flexibility index (Phi) is 5.71. The number of rotatable bonds is 5. The zero-order valence-corrected chi connectivity index (χ0v) is 15.9. The molecular weight excluding hydrogens is 350 g/mol. The van der Waals surface area contributed by atoms with Crippen molar-refractivity contribution < 1.29 is 4.79 Å². The van der Waals surface area contributed by atoms with Crippen LogP contribution in [0.1, 0.15) is 32.6 Å². The van der Waals surface area contributed by atoms with Crippen molar-refractivity contribution in [2.75, 3.05) is 7.05 Å². The maximum atomic E-state index is 12.8. The van der Waals surface area contributed by atoms with Crippen LogP contribution in [0.5, 0.6) is 0 Å². The second-order valence-corrected chi connectivity index (χ2v) is 6.82. The van der Waals surface area contributed by atoms with Crippen LogP contribution in [0.4, 0.5) is 0 Å². The number of aromatic nitrogens is 1. The summed E-state index contributed by atoms with van der Waals surface area (Å²) < 4.78 is 1.55. The van der Waals surface area contributed by atoms with Gasteiger partial charge in [0.2, 0.25) is 0 Å². The summed E-state index contributed by atoms with van der Waals surface area (Å²) in [6.07, 6.45) is 1.69. The van der Waals surface area contributed by atoms with Crippen LogP contribution in [0, 0.1) is 18.3 Å². The number of aryl methyl sites for hydroxylation is 1. The van der Waals surface area contributed by atoms with E-state index in [4.69, 9.17) is 5.26 Å². The Morgan fingerprint density at radius 2 is 1.82 bits per heavy atom. The number of carbonyl (C=O) groups is 1. The molecule has 0 unspecified atom stereocenters. The number of nitriles is 1. The molecular formula is C23H21N3O2. The molecule has 0 saturated carbocycles. The van der Waals surface area contributed by atoms with Gasteiger partial charge in [-0.15, -0.1) is 0 Å². The van der Waals surface area contributed by atoms with Gasteiger partial charge in [0.15, 0.2) is 0 Å². The minimum absolute atomic E-state index is 0.133. The molecule has 1 aromatic heterocycles. The molecule has 0 fully saturated rings. The highest BCUT2D eigenvalue weighted by atomic mass is 16.2. The predicted molar refractivity (Wildman–Crippen MR) is 108 cm³/mol. The Morgan fingerprint density at radius 3 is 2.57 bits per heavy atom. The predicted octanol–water partition coefficient (Wildman–Crippen LogP) is 3.35. The average molecular weight is 371 g/mol. The van der Waals surface area contributed by atoms with E-state index < -0.39 is 0 Å². The molecule has 1 heterocycles. The summed E-state index contributed by atoms with van der Waals surface area (Å²) in [4.78, 5) is 27.2. The van der Waals surface area contributed by atoms with Crippen LogP contribution < -0.4 is 5.56 Å². The minimum atomic E-state index is -0.342. The zero-order chi connectivity index (χ0) is 20.1. The Bertz CT molecular complexity index is 1110. The average Bonchev–Trinajstić information content (AvgIpc) is 2.69. The molecule has 3 aromatic rings. The summed E-state index contributed by atoms with van der Waals surface area (Å²) in [6.45, 7) is 2.73. The van der Waals surface area contributed by atoms with Gasteiger partial charge in [-0.05, 0) is 42.3 Å². The van der Waals surface area contributed by atoms with Crippen LogP contribution in [-0.2, 0) is 13.1 Å². The van der Waals surface area contributed by atoms with E-state index >= 15 is 0 Å². The number of hydrogen-bond donors (Lipinski definition) is 0. The molecule has 0 atom stereocenters. The monoisotopic (exact) mass is 371 g/mol. The first kappa shape index (κ1) is 19.1. The molecule has 3 rings (SSSR count). The lowest BCUT2D eigenvalue weighted by molar-refractivity contribution is 0.0782. The van der Waals surface area contributed by atoms with Gasteiger partial charge < -0.3 is 9.47 Å². The number of hydrogen-bond acceptors (Lipinski definition) is 3. The fourth-order valence-corrected chi connectivity index (χ4v) is 3.12. The van der Waals surface area contributed by atoms with Crippen molar-refractivity contribution in [2.24, 2.45) is 0 Å². The first-order valence-electron chi connectivity index (χ1n) is 8.97. The molecule has 0 aliphatic rings. The van der Waals surface area contributed by atoms with Crippen LogP contribution in [0.3, 0.4) is 0 Å². The van der Waals surface area contributed by atoms with E-state index in [9.17, 15) is 9.59 Å². The van der Waals surface area contributed by atoms with E-state index in [2.05, 4.69) is 6.07 Å². The number of benzene rings is 2. The quantitative estimate of drug-likeness (QED) is 0.691. The largest absolute Gasteiger partial charge is 0.337 e. The van der Waals surface area contributed by atoms with Crippen molar-refractivity contribution in [3.63, 3.8) is 0 Å². The lowest BCUT2D eigenvalue weighted by Crippen LogP contribution is -2.34. The highest BCUT2D eigenvalue weighted by molar-refractivity contribution is 5.93. The molecule has 0 bridgehead atoms. The lowest BCUT2D eigenvalue weighted by Gasteiger charge is -2.18. The molecule has 5 heteroatoms. The Balaban J connectivity index is 1.81. The topological polar surface area (TPSA) is 66.1 Å². The molecule has 0 N–H and O–H groups in total. The van der Waals surface area contributed by atoms with E-state index in [1.807, 2.05) is 37.3 Å². The van der Waals surface area contributed by atoms with Gasteiger partial charge in [-0.3, -0.25) is 9.59 Å². The third kappa shape index (κ3) is 4.36. The maximum Gasteiger partial charge on any atom is 0.263 e. The van der Waals surface area contributed by atoms with E-state index in [0.29, 0.717) is 18.7 Å². The van der Waals surface area contributed by atoms with Crippen LogP contribution in [0.2, 0.25) is 0 Å². The molecule has 5 nitrogen and oxygen atoms in total. The van der Waals surface area contributed by atoms with Crippen molar-refractivity contribution >= 4 is 5.91 Å². The second kappa shape index (κ2) is 8.36. The normalized spacial score (nSPS) is 10.3. The third-order valence-electron chi connectivity index (χ3n) is 4.51. The van der Waals surface area contributed by atoms with E-state index in [1.165, 1.54) is 4.90 Å². The SMILES string of the molecule is Cc1cccc(Cn2cccc(C(=O)N(C)Cc3cccc(C#N)c3)c2=O)c1. The standard InChI is InChI=1S/C23H21N3O2/c1-17-6-3-8-19(12-17)16-26-11-5-10-21(23(26)28)22(27)25(2)15-20-9-4-7-18(13-20)14-24/h3-13H,15-16H2,1-2H3. The second-order valence-electron chi connectivity index (χ2n) is 6.82. The van der Waals surface area contributed by atoms with Gasteiger partial charge in [-0.2, -0.15) is 5.26 Å². The summed E-state index contributed by atoms with van der Waals surface area (Å²) in [5.74, 6) is -0.342. The Labute approximate surface area is 164 Å². The summed E-state index contributed by atoms with van der Waals surface area (Å²) in [5, 5.41) is 9.01. The van der Waals surface area contributed by atoms with Gasteiger partial charge in [0.25, 0.3) is 11.5 Å². The molecule has 28 heavy (non-hydrogen) atoms. The van der Waals surface area contributed by atoms with Gasteiger partial charge in [-0.25, -0.2) is 0 Å². The molecule has 0 aliphatic carbocycles. The highest BCUT2D eigenvalue weighted by Gasteiger charge is 2.17. The first-order chi connectivity index (χ1) is 13.5. The van der Waals surface area contributed by atoms with E-state index in [1.54, 1.807) is 48.1 Å². The fraction of sp³-hybridized carbons (Fsp3) is 0.174. The maximum absolute atomic E-state index is 12.8. The van der Waals surface area contributed by atoms with Crippen molar-refractivity contribution in [1.82, 2.24) is 9.47 Å². The van der Waals surface area contributed by atoms with Gasteiger partial charge in [0.1, 0.15) is 5.56 Å².